The van der Waals surface area contributed by atoms with Crippen molar-refractivity contribution >= 4 is 58.2 Å². The van der Waals surface area contributed by atoms with Gasteiger partial charge in [0.25, 0.3) is 0 Å². The van der Waals surface area contributed by atoms with Gasteiger partial charge in [-0.2, -0.15) is 0 Å². The van der Waals surface area contributed by atoms with Crippen molar-refractivity contribution in [2.75, 3.05) is 24.0 Å². The fourth-order valence-electron chi connectivity index (χ4n) is 2.28. The second-order valence-corrected chi connectivity index (χ2v) is 7.68. The van der Waals surface area contributed by atoms with E-state index in [1.165, 1.54) is 16.8 Å². The summed E-state index contributed by atoms with van der Waals surface area (Å²) in [4.78, 5) is 12.2. The Morgan fingerprint density at radius 3 is 2.43 bits per heavy atom. The number of rotatable bonds is 6. The number of nitrogen functional groups attached to an aromatic ring is 1. The zero-order chi connectivity index (χ0) is 20.3. The Balaban J connectivity index is 1.66. The Hall–Kier alpha value is -2.13. The molecule has 0 radical (unpaired) electrons. The van der Waals surface area contributed by atoms with Gasteiger partial charge in [0, 0.05) is 10.6 Å². The van der Waals surface area contributed by atoms with Gasteiger partial charge < -0.3 is 15.9 Å². The topological polar surface area (TPSA) is 95.1 Å². The van der Waals surface area contributed by atoms with Crippen molar-refractivity contribution < 1.29 is 9.53 Å². The highest BCUT2D eigenvalue weighted by atomic mass is 35.5. The van der Waals surface area contributed by atoms with Gasteiger partial charge in [0.15, 0.2) is 5.82 Å². The summed E-state index contributed by atoms with van der Waals surface area (Å²) in [5, 5.41) is 12.0. The number of amides is 1. The van der Waals surface area contributed by atoms with Crippen molar-refractivity contribution in [1.82, 2.24) is 14.9 Å². The maximum Gasteiger partial charge on any atom is 0.234 e. The average Bonchev–Trinajstić information content (AvgIpc) is 3.03. The van der Waals surface area contributed by atoms with Crippen molar-refractivity contribution in [3.63, 3.8) is 0 Å². The number of benzene rings is 2. The van der Waals surface area contributed by atoms with E-state index in [0.29, 0.717) is 21.7 Å². The number of hydrogen-bond acceptors (Lipinski definition) is 6. The lowest BCUT2D eigenvalue weighted by molar-refractivity contribution is -0.113. The molecule has 28 heavy (non-hydrogen) atoms. The molecule has 2 aromatic carbocycles. The lowest BCUT2D eigenvalue weighted by Crippen LogP contribution is -2.17. The van der Waals surface area contributed by atoms with Crippen molar-refractivity contribution in [3.8, 4) is 17.1 Å². The Morgan fingerprint density at radius 2 is 1.82 bits per heavy atom. The van der Waals surface area contributed by atoms with Gasteiger partial charge in [-0.1, -0.05) is 46.6 Å². The molecule has 0 saturated carbocycles. The molecular weight excluding hydrogens is 445 g/mol. The van der Waals surface area contributed by atoms with Crippen LogP contribution in [0.1, 0.15) is 0 Å². The zero-order valence-corrected chi connectivity index (χ0v) is 17.5. The van der Waals surface area contributed by atoms with Crippen molar-refractivity contribution in [2.24, 2.45) is 0 Å². The van der Waals surface area contributed by atoms with Crippen LogP contribution in [0.4, 0.5) is 5.69 Å². The van der Waals surface area contributed by atoms with Crippen LogP contribution in [0, 0.1) is 0 Å². The molecule has 0 aliphatic heterocycles. The number of aromatic nitrogens is 3. The molecule has 0 atom stereocenters. The normalized spacial score (nSPS) is 10.7. The number of halogens is 3. The van der Waals surface area contributed by atoms with Crippen molar-refractivity contribution in [2.45, 2.75) is 5.16 Å². The van der Waals surface area contributed by atoms with Gasteiger partial charge in [-0.25, -0.2) is 4.68 Å². The Morgan fingerprint density at radius 1 is 1.18 bits per heavy atom. The monoisotopic (exact) mass is 457 g/mol. The highest BCUT2D eigenvalue weighted by molar-refractivity contribution is 7.99. The predicted molar refractivity (Wildman–Crippen MR) is 113 cm³/mol. The molecule has 0 bridgehead atoms. The van der Waals surface area contributed by atoms with E-state index < -0.39 is 0 Å². The Kier molecular flexibility index (Phi) is 6.56. The molecule has 1 amide bonds. The first-order valence-corrected chi connectivity index (χ1v) is 9.93. The molecule has 1 heterocycles. The van der Waals surface area contributed by atoms with Crippen LogP contribution < -0.4 is 15.9 Å². The van der Waals surface area contributed by atoms with Gasteiger partial charge in [-0.3, -0.25) is 4.79 Å². The number of thioether (sulfide) groups is 1. The van der Waals surface area contributed by atoms with E-state index in [4.69, 9.17) is 45.4 Å². The number of nitrogens with zero attached hydrogens (tertiary/aromatic N) is 3. The van der Waals surface area contributed by atoms with Gasteiger partial charge >= 0.3 is 0 Å². The highest BCUT2D eigenvalue weighted by Crippen LogP contribution is 2.34. The van der Waals surface area contributed by atoms with E-state index in [-0.39, 0.29) is 21.7 Å². The largest absolute Gasteiger partial charge is 0.497 e. The number of carbonyl (C=O) groups excluding carboxylic acids is 1. The van der Waals surface area contributed by atoms with Crippen molar-refractivity contribution in [3.05, 3.63) is 51.5 Å². The van der Waals surface area contributed by atoms with Gasteiger partial charge in [-0.05, 0) is 36.4 Å². The average molecular weight is 459 g/mol. The first-order valence-electron chi connectivity index (χ1n) is 7.81. The van der Waals surface area contributed by atoms with Gasteiger partial charge in [0.05, 0.1) is 28.6 Å². The van der Waals surface area contributed by atoms with Crippen LogP contribution in [0.3, 0.4) is 0 Å². The molecule has 3 rings (SSSR count). The highest BCUT2D eigenvalue weighted by Gasteiger charge is 2.16. The summed E-state index contributed by atoms with van der Waals surface area (Å²) in [6.45, 7) is 0. The van der Waals surface area contributed by atoms with E-state index in [1.807, 2.05) is 12.1 Å². The molecule has 0 unspecified atom stereocenters. The summed E-state index contributed by atoms with van der Waals surface area (Å²) in [5.41, 5.74) is 1.07. The van der Waals surface area contributed by atoms with Crippen LogP contribution in [0.25, 0.3) is 11.4 Å². The van der Waals surface area contributed by atoms with Crippen LogP contribution in [0.2, 0.25) is 15.1 Å². The predicted octanol–water partition coefficient (Wildman–Crippen LogP) is 4.36. The summed E-state index contributed by atoms with van der Waals surface area (Å²) < 4.78 is 6.45. The van der Waals surface area contributed by atoms with Gasteiger partial charge in [-0.15, -0.1) is 10.2 Å². The molecule has 146 valence electrons. The van der Waals surface area contributed by atoms with Crippen LogP contribution >= 0.6 is 46.6 Å². The SMILES string of the molecule is COc1ccc(-c2nnc(SCC(=O)Nc3c(Cl)cc(Cl)cc3Cl)n2N)cc1. The number of methoxy groups -OCH3 is 1. The minimum Gasteiger partial charge on any atom is -0.497 e. The fourth-order valence-corrected chi connectivity index (χ4v) is 3.85. The lowest BCUT2D eigenvalue weighted by atomic mass is 10.2. The first-order chi connectivity index (χ1) is 13.4. The van der Waals surface area contributed by atoms with Gasteiger partial charge in [0.2, 0.25) is 11.1 Å². The third-order valence-corrected chi connectivity index (χ3v) is 5.37. The zero-order valence-electron chi connectivity index (χ0n) is 14.4. The van der Waals surface area contributed by atoms with E-state index in [0.717, 1.165) is 23.1 Å². The quantitative estimate of drug-likeness (QED) is 0.421. The van der Waals surface area contributed by atoms with Crippen LogP contribution in [-0.4, -0.2) is 33.6 Å². The summed E-state index contributed by atoms with van der Waals surface area (Å²) in [6, 6.07) is 10.2. The van der Waals surface area contributed by atoms with E-state index in [9.17, 15) is 4.79 Å². The minimum atomic E-state index is -0.329. The smallest absolute Gasteiger partial charge is 0.234 e. The summed E-state index contributed by atoms with van der Waals surface area (Å²) in [6.07, 6.45) is 0. The second kappa shape index (κ2) is 8.91. The minimum absolute atomic E-state index is 0.0350. The molecule has 0 spiro atoms. The van der Waals surface area contributed by atoms with Gasteiger partial charge in [0.1, 0.15) is 5.75 Å². The standard InChI is InChI=1S/C17H14Cl3N5O2S/c1-27-11-4-2-9(3-5-11)16-23-24-17(25(16)21)28-8-14(26)22-15-12(19)6-10(18)7-13(15)20/h2-7H,8,21H2,1H3,(H,22,26). The lowest BCUT2D eigenvalue weighted by Gasteiger charge is -2.09. The number of hydrogen-bond donors (Lipinski definition) is 2. The molecular formula is C17H14Cl3N5O2S. The molecule has 0 fully saturated rings. The maximum atomic E-state index is 12.2. The number of ether oxygens (including phenoxy) is 1. The molecule has 0 aliphatic rings. The molecule has 7 nitrogen and oxygen atoms in total. The van der Waals surface area contributed by atoms with E-state index in [1.54, 1.807) is 19.2 Å². The van der Waals surface area contributed by atoms with E-state index in [2.05, 4.69) is 15.5 Å². The second-order valence-electron chi connectivity index (χ2n) is 5.49. The first kappa shape index (κ1) is 20.6. The molecule has 0 saturated heterocycles. The molecule has 3 aromatic rings. The Bertz CT molecular complexity index is 988. The maximum absolute atomic E-state index is 12.2. The number of carbonyl (C=O) groups is 1. The Labute approximate surface area is 180 Å². The third kappa shape index (κ3) is 4.64. The van der Waals surface area contributed by atoms with Crippen LogP contribution in [-0.2, 0) is 4.79 Å². The molecule has 3 N–H and O–H groups in total. The summed E-state index contributed by atoms with van der Waals surface area (Å²) in [5.74, 6) is 6.95. The number of nitrogens with two attached hydrogens (primary N) is 1. The summed E-state index contributed by atoms with van der Waals surface area (Å²) >= 11 is 19.1. The molecule has 1 aromatic heterocycles. The van der Waals surface area contributed by atoms with Crippen molar-refractivity contribution in [1.29, 1.82) is 0 Å². The summed E-state index contributed by atoms with van der Waals surface area (Å²) in [7, 11) is 1.59. The van der Waals surface area contributed by atoms with Crippen LogP contribution in [0.5, 0.6) is 5.75 Å². The number of nitrogens with one attached hydrogen (secondary N) is 1. The molecule has 0 aliphatic carbocycles. The van der Waals surface area contributed by atoms with Crippen LogP contribution in [0.15, 0.2) is 41.6 Å². The number of anilines is 1. The van der Waals surface area contributed by atoms with E-state index >= 15 is 0 Å². The third-order valence-electron chi connectivity index (χ3n) is 3.62. The molecule has 11 heteroatoms. The fraction of sp³-hybridized carbons (Fsp3) is 0.118.